The van der Waals surface area contributed by atoms with Crippen molar-refractivity contribution in [2.45, 2.75) is 25.2 Å². The van der Waals surface area contributed by atoms with Gasteiger partial charge in [0.05, 0.1) is 0 Å². The van der Waals surface area contributed by atoms with Crippen LogP contribution in [0.25, 0.3) is 0 Å². The minimum atomic E-state index is 0.199. The second-order valence-electron chi connectivity index (χ2n) is 4.31. The Morgan fingerprint density at radius 3 is 2.79 bits per heavy atom. The molecule has 2 unspecified atom stereocenters. The zero-order valence-corrected chi connectivity index (χ0v) is 9.22. The van der Waals surface area contributed by atoms with Gasteiger partial charge in [0.2, 0.25) is 0 Å². The van der Waals surface area contributed by atoms with Gasteiger partial charge in [-0.25, -0.2) is 0 Å². The van der Waals surface area contributed by atoms with Crippen LogP contribution in [-0.2, 0) is 5.41 Å². The summed E-state index contributed by atoms with van der Waals surface area (Å²) in [6.07, 6.45) is 2.48. The summed E-state index contributed by atoms with van der Waals surface area (Å²) in [5.74, 6) is 0.686. The Morgan fingerprint density at radius 1 is 1.57 bits per heavy atom. The number of benzene rings is 1. The molecule has 0 aromatic heterocycles. The second-order valence-corrected chi connectivity index (χ2v) is 4.75. The van der Waals surface area contributed by atoms with Crippen LogP contribution in [0.3, 0.4) is 0 Å². The topological polar surface area (TPSA) is 26.0 Å². The van der Waals surface area contributed by atoms with Gasteiger partial charge in [0.25, 0.3) is 0 Å². The van der Waals surface area contributed by atoms with Crippen LogP contribution in [-0.4, -0.2) is 6.54 Å². The van der Waals surface area contributed by atoms with E-state index in [9.17, 15) is 0 Å². The molecule has 0 amide bonds. The van der Waals surface area contributed by atoms with E-state index in [-0.39, 0.29) is 5.41 Å². The number of halogens is 1. The highest BCUT2D eigenvalue weighted by Crippen LogP contribution is 2.48. The van der Waals surface area contributed by atoms with Gasteiger partial charge in [-0.2, -0.15) is 0 Å². The lowest BCUT2D eigenvalue weighted by Crippen LogP contribution is -2.48. The molecule has 0 radical (unpaired) electrons. The Kier molecular flexibility index (Phi) is 2.54. The molecule has 0 heterocycles. The van der Waals surface area contributed by atoms with E-state index in [4.69, 9.17) is 17.3 Å². The first kappa shape index (κ1) is 10.0. The Labute approximate surface area is 90.3 Å². The first-order valence-corrected chi connectivity index (χ1v) is 5.53. The van der Waals surface area contributed by atoms with Gasteiger partial charge in [0.1, 0.15) is 0 Å². The lowest BCUT2D eigenvalue weighted by atomic mass is 9.57. The van der Waals surface area contributed by atoms with Crippen molar-refractivity contribution < 1.29 is 0 Å². The molecule has 76 valence electrons. The van der Waals surface area contributed by atoms with Crippen molar-refractivity contribution in [1.82, 2.24) is 0 Å². The molecule has 1 aromatic rings. The zero-order chi connectivity index (χ0) is 10.2. The van der Waals surface area contributed by atoms with Gasteiger partial charge in [-0.05, 0) is 36.5 Å². The van der Waals surface area contributed by atoms with Crippen LogP contribution in [0.4, 0.5) is 0 Å². The molecular weight excluding hydrogens is 194 g/mol. The summed E-state index contributed by atoms with van der Waals surface area (Å²) in [6.45, 7) is 3.01. The fourth-order valence-corrected chi connectivity index (χ4v) is 2.62. The fraction of sp³-hybridized carbons (Fsp3) is 0.500. The van der Waals surface area contributed by atoms with E-state index in [0.29, 0.717) is 5.92 Å². The van der Waals surface area contributed by atoms with Crippen molar-refractivity contribution in [3.05, 3.63) is 34.9 Å². The van der Waals surface area contributed by atoms with Crippen LogP contribution in [0.2, 0.25) is 5.02 Å². The Morgan fingerprint density at radius 2 is 2.36 bits per heavy atom. The quantitative estimate of drug-likeness (QED) is 0.797. The van der Waals surface area contributed by atoms with Crippen molar-refractivity contribution in [3.63, 3.8) is 0 Å². The lowest BCUT2D eigenvalue weighted by Gasteiger charge is -2.48. The zero-order valence-electron chi connectivity index (χ0n) is 8.46. The predicted molar refractivity (Wildman–Crippen MR) is 60.6 cm³/mol. The van der Waals surface area contributed by atoms with Gasteiger partial charge >= 0.3 is 0 Å². The average molecular weight is 210 g/mol. The van der Waals surface area contributed by atoms with Crippen LogP contribution in [0.5, 0.6) is 0 Å². The molecule has 1 aromatic carbocycles. The Hall–Kier alpha value is -0.530. The van der Waals surface area contributed by atoms with Crippen molar-refractivity contribution in [1.29, 1.82) is 0 Å². The highest BCUT2D eigenvalue weighted by Gasteiger charge is 2.44. The van der Waals surface area contributed by atoms with E-state index in [2.05, 4.69) is 19.1 Å². The molecule has 2 N–H and O–H groups in total. The number of rotatable bonds is 2. The van der Waals surface area contributed by atoms with E-state index >= 15 is 0 Å². The maximum Gasteiger partial charge on any atom is 0.0408 e. The van der Waals surface area contributed by atoms with Gasteiger partial charge in [-0.15, -0.1) is 0 Å². The SMILES string of the molecule is CC1CCC1(CN)c1cccc(Cl)c1. The summed E-state index contributed by atoms with van der Waals surface area (Å²) in [5.41, 5.74) is 7.41. The molecule has 14 heavy (non-hydrogen) atoms. The normalized spacial score (nSPS) is 31.2. The first-order valence-electron chi connectivity index (χ1n) is 5.15. The fourth-order valence-electron chi connectivity index (χ4n) is 2.43. The van der Waals surface area contributed by atoms with Crippen molar-refractivity contribution in [2.24, 2.45) is 11.7 Å². The third-order valence-electron chi connectivity index (χ3n) is 3.73. The van der Waals surface area contributed by atoms with E-state index in [1.807, 2.05) is 12.1 Å². The summed E-state index contributed by atoms with van der Waals surface area (Å²) in [6, 6.07) is 8.14. The molecule has 2 atom stereocenters. The average Bonchev–Trinajstić information content (AvgIpc) is 2.17. The molecule has 1 nitrogen and oxygen atoms in total. The molecule has 2 heteroatoms. The standard InChI is InChI=1S/C12H16ClN/c1-9-5-6-12(9,8-14)10-3-2-4-11(13)7-10/h2-4,7,9H,5-6,8,14H2,1H3. The summed E-state index contributed by atoms with van der Waals surface area (Å²) < 4.78 is 0. The highest BCUT2D eigenvalue weighted by atomic mass is 35.5. The highest BCUT2D eigenvalue weighted by molar-refractivity contribution is 6.30. The maximum absolute atomic E-state index is 6.00. The van der Waals surface area contributed by atoms with Crippen molar-refractivity contribution in [3.8, 4) is 0 Å². The molecule has 0 saturated heterocycles. The number of nitrogens with two attached hydrogens (primary N) is 1. The van der Waals surface area contributed by atoms with E-state index in [1.165, 1.54) is 18.4 Å². The molecular formula is C12H16ClN. The van der Waals surface area contributed by atoms with Crippen LogP contribution in [0, 0.1) is 5.92 Å². The molecule has 0 spiro atoms. The minimum Gasteiger partial charge on any atom is -0.330 e. The first-order chi connectivity index (χ1) is 6.69. The number of hydrogen-bond acceptors (Lipinski definition) is 1. The largest absolute Gasteiger partial charge is 0.330 e. The van der Waals surface area contributed by atoms with Gasteiger partial charge in [0, 0.05) is 17.0 Å². The molecule has 1 fully saturated rings. The van der Waals surface area contributed by atoms with Gasteiger partial charge in [-0.3, -0.25) is 0 Å². The van der Waals surface area contributed by atoms with Crippen LogP contribution >= 0.6 is 11.6 Å². The number of hydrogen-bond donors (Lipinski definition) is 1. The van der Waals surface area contributed by atoms with E-state index in [0.717, 1.165) is 11.6 Å². The van der Waals surface area contributed by atoms with Crippen LogP contribution in [0.15, 0.2) is 24.3 Å². The van der Waals surface area contributed by atoms with Crippen LogP contribution in [0.1, 0.15) is 25.3 Å². The summed E-state index contributed by atoms with van der Waals surface area (Å²) in [5, 5.41) is 0.814. The Balaban J connectivity index is 2.37. The predicted octanol–water partition coefficient (Wildman–Crippen LogP) is 2.97. The van der Waals surface area contributed by atoms with Crippen molar-refractivity contribution >= 4 is 11.6 Å². The van der Waals surface area contributed by atoms with Crippen molar-refractivity contribution in [2.75, 3.05) is 6.54 Å². The van der Waals surface area contributed by atoms with Gasteiger partial charge < -0.3 is 5.73 Å². The van der Waals surface area contributed by atoms with Gasteiger partial charge in [-0.1, -0.05) is 30.7 Å². The smallest absolute Gasteiger partial charge is 0.0408 e. The summed E-state index contributed by atoms with van der Waals surface area (Å²) in [4.78, 5) is 0. The second kappa shape index (κ2) is 3.56. The molecule has 1 aliphatic rings. The Bertz CT molecular complexity index is 333. The molecule has 2 rings (SSSR count). The van der Waals surface area contributed by atoms with Gasteiger partial charge in [0.15, 0.2) is 0 Å². The van der Waals surface area contributed by atoms with Crippen LogP contribution < -0.4 is 5.73 Å². The summed E-state index contributed by atoms with van der Waals surface area (Å²) in [7, 11) is 0. The molecule has 1 saturated carbocycles. The third kappa shape index (κ3) is 1.35. The lowest BCUT2D eigenvalue weighted by molar-refractivity contribution is 0.146. The maximum atomic E-state index is 6.00. The monoisotopic (exact) mass is 209 g/mol. The van der Waals surface area contributed by atoms with E-state index in [1.54, 1.807) is 0 Å². The molecule has 0 aliphatic heterocycles. The molecule has 0 bridgehead atoms. The summed E-state index contributed by atoms with van der Waals surface area (Å²) >= 11 is 6.00. The third-order valence-corrected chi connectivity index (χ3v) is 3.97. The van der Waals surface area contributed by atoms with E-state index < -0.39 is 0 Å². The minimum absolute atomic E-state index is 0.199. The molecule has 1 aliphatic carbocycles.